The molecule has 3 N–H and O–H groups in total. The van der Waals surface area contributed by atoms with Gasteiger partial charge < -0.3 is 15.8 Å². The highest BCUT2D eigenvalue weighted by atomic mass is 35.5. The number of esters is 1. The zero-order valence-electron chi connectivity index (χ0n) is 20.5. The van der Waals surface area contributed by atoms with E-state index >= 15 is 0 Å². The summed E-state index contributed by atoms with van der Waals surface area (Å²) in [5.41, 5.74) is 8.85. The van der Waals surface area contributed by atoms with Gasteiger partial charge in [-0.15, -0.1) is 0 Å². The van der Waals surface area contributed by atoms with E-state index in [-0.39, 0.29) is 28.4 Å². The maximum atomic E-state index is 13.7. The number of sulfone groups is 1. The first-order valence-corrected chi connectivity index (χ1v) is 13.9. The molecule has 198 valence electrons. The molecule has 0 saturated carbocycles. The molecule has 37 heavy (non-hydrogen) atoms. The van der Waals surface area contributed by atoms with Crippen molar-refractivity contribution >= 4 is 27.4 Å². The Balaban J connectivity index is 1.78. The molecule has 3 aromatic carbocycles. The third kappa shape index (κ3) is 8.33. The summed E-state index contributed by atoms with van der Waals surface area (Å²) < 4.78 is 56.6. The quantitative estimate of drug-likeness (QED) is 0.342. The van der Waals surface area contributed by atoms with Crippen molar-refractivity contribution in [3.8, 4) is 0 Å². The molecule has 0 aliphatic carbocycles. The van der Waals surface area contributed by atoms with Gasteiger partial charge in [-0.1, -0.05) is 42.8 Å². The number of hydrogen-bond acceptors (Lipinski definition) is 6. The van der Waals surface area contributed by atoms with E-state index in [0.29, 0.717) is 12.1 Å². The van der Waals surface area contributed by atoms with Crippen LogP contribution in [0, 0.1) is 11.6 Å². The van der Waals surface area contributed by atoms with Gasteiger partial charge in [0, 0.05) is 31.5 Å². The lowest BCUT2D eigenvalue weighted by Gasteiger charge is -2.25. The topological polar surface area (TPSA) is 98.5 Å². The zero-order valence-corrected chi connectivity index (χ0v) is 22.1. The van der Waals surface area contributed by atoms with Gasteiger partial charge in [-0.05, 0) is 59.9 Å². The molecule has 0 radical (unpaired) electrons. The molecule has 0 amide bonds. The summed E-state index contributed by atoms with van der Waals surface area (Å²) in [7, 11) is -3.52. The average Bonchev–Trinajstić information content (AvgIpc) is 2.82. The molecule has 3 aromatic rings. The molecule has 0 aliphatic heterocycles. The van der Waals surface area contributed by atoms with E-state index in [1.165, 1.54) is 35.9 Å². The molecule has 10 heteroatoms. The van der Waals surface area contributed by atoms with E-state index < -0.39 is 39.6 Å². The van der Waals surface area contributed by atoms with E-state index in [1.54, 1.807) is 0 Å². The van der Waals surface area contributed by atoms with Gasteiger partial charge in [0.2, 0.25) is 0 Å². The van der Waals surface area contributed by atoms with Crippen molar-refractivity contribution in [2.75, 3.05) is 12.8 Å². The number of aryl methyl sites for hydroxylation is 1. The highest BCUT2D eigenvalue weighted by molar-refractivity contribution is 7.90. The Bertz CT molecular complexity index is 1350. The van der Waals surface area contributed by atoms with Crippen LogP contribution < -0.4 is 11.1 Å². The van der Waals surface area contributed by atoms with Crippen molar-refractivity contribution in [3.63, 3.8) is 0 Å². The fraction of sp³-hybridized carbons (Fsp3) is 0.296. The predicted octanol–water partition coefficient (Wildman–Crippen LogP) is 4.47. The minimum atomic E-state index is -3.52. The van der Waals surface area contributed by atoms with Gasteiger partial charge in [0.15, 0.2) is 9.84 Å². The number of rotatable bonds is 11. The fourth-order valence-electron chi connectivity index (χ4n) is 3.82. The Labute approximate surface area is 220 Å². The molecule has 0 fully saturated rings. The van der Waals surface area contributed by atoms with Crippen LogP contribution in [0.15, 0.2) is 65.6 Å². The minimum absolute atomic E-state index is 0.0290. The Kier molecular flexibility index (Phi) is 9.78. The molecular formula is C27H29ClF2N2O4S. The van der Waals surface area contributed by atoms with Crippen LogP contribution in [0.5, 0.6) is 0 Å². The summed E-state index contributed by atoms with van der Waals surface area (Å²) in [6.07, 6.45) is 1.07. The maximum Gasteiger partial charge on any atom is 0.340 e. The second kappa shape index (κ2) is 12.6. The second-order valence-corrected chi connectivity index (χ2v) is 11.2. The van der Waals surface area contributed by atoms with Gasteiger partial charge >= 0.3 is 5.97 Å². The summed E-state index contributed by atoms with van der Waals surface area (Å²) in [4.78, 5) is 12.9. The predicted molar refractivity (Wildman–Crippen MR) is 139 cm³/mol. The molecule has 0 aromatic heterocycles. The summed E-state index contributed by atoms with van der Waals surface area (Å²) in [5, 5.41) is 3.14. The van der Waals surface area contributed by atoms with Crippen LogP contribution >= 0.6 is 11.6 Å². The number of hydrogen-bond donors (Lipinski definition) is 2. The fourth-order valence-corrected chi connectivity index (χ4v) is 4.79. The molecule has 0 aliphatic rings. The van der Waals surface area contributed by atoms with Crippen LogP contribution in [-0.4, -0.2) is 39.3 Å². The number of halogens is 3. The first-order valence-electron chi connectivity index (χ1n) is 11.7. The molecule has 0 heterocycles. The number of nitrogens with two attached hydrogens (primary N) is 1. The van der Waals surface area contributed by atoms with Crippen molar-refractivity contribution in [2.24, 2.45) is 5.73 Å². The van der Waals surface area contributed by atoms with E-state index in [0.717, 1.165) is 24.3 Å². The number of carbonyl (C=O) groups is 1. The highest BCUT2D eigenvalue weighted by Crippen LogP contribution is 2.23. The number of ether oxygens (including phenoxy) is 1. The van der Waals surface area contributed by atoms with Gasteiger partial charge in [-0.2, -0.15) is 0 Å². The molecule has 0 bridgehead atoms. The zero-order chi connectivity index (χ0) is 27.2. The minimum Gasteiger partial charge on any atom is -0.456 e. The molecule has 2 unspecified atom stereocenters. The van der Waals surface area contributed by atoms with Crippen LogP contribution in [0.1, 0.15) is 34.0 Å². The molecular weight excluding hydrogens is 522 g/mol. The van der Waals surface area contributed by atoms with Gasteiger partial charge in [0.25, 0.3) is 0 Å². The van der Waals surface area contributed by atoms with Crippen LogP contribution in [-0.2, 0) is 34.0 Å². The lowest BCUT2D eigenvalue weighted by Crippen LogP contribution is -2.46. The highest BCUT2D eigenvalue weighted by Gasteiger charge is 2.25. The molecule has 6 nitrogen and oxygen atoms in total. The Morgan fingerprint density at radius 2 is 1.70 bits per heavy atom. The van der Waals surface area contributed by atoms with Gasteiger partial charge in [0.1, 0.15) is 17.7 Å². The second-order valence-electron chi connectivity index (χ2n) is 8.81. The maximum absolute atomic E-state index is 13.7. The van der Waals surface area contributed by atoms with Gasteiger partial charge in [-0.25, -0.2) is 22.0 Å². The van der Waals surface area contributed by atoms with Crippen LogP contribution in [0.4, 0.5) is 8.78 Å². The first-order chi connectivity index (χ1) is 17.5. The third-order valence-corrected chi connectivity index (χ3v) is 7.22. The number of nitrogens with one attached hydrogen (secondary N) is 1. The van der Waals surface area contributed by atoms with Crippen molar-refractivity contribution in [3.05, 3.63) is 99.6 Å². The standard InChI is InChI=1S/C27H29ClF2N2O4S/c1-3-17-5-4-6-18(9-17)15-32-16-26(25(31)12-19-10-20(29)13-21(30)11-19)36-27(33)23-8-7-22(14-24(23)28)37(2,34)35/h4-11,13-14,25-26,32H,3,12,15-16,31H2,1-2H3. The van der Waals surface area contributed by atoms with Crippen molar-refractivity contribution < 1.29 is 26.7 Å². The summed E-state index contributed by atoms with van der Waals surface area (Å²) in [5.74, 6) is -2.27. The third-order valence-electron chi connectivity index (χ3n) is 5.79. The summed E-state index contributed by atoms with van der Waals surface area (Å²) in [6, 6.07) is 14.0. The normalized spacial score (nSPS) is 13.2. The van der Waals surface area contributed by atoms with Gasteiger partial charge in [0.05, 0.1) is 15.5 Å². The van der Waals surface area contributed by atoms with Crippen molar-refractivity contribution in [1.82, 2.24) is 5.32 Å². The Morgan fingerprint density at radius 3 is 2.32 bits per heavy atom. The van der Waals surface area contributed by atoms with Crippen LogP contribution in [0.3, 0.4) is 0 Å². The smallest absolute Gasteiger partial charge is 0.340 e. The molecule has 2 atom stereocenters. The number of benzene rings is 3. The molecule has 3 rings (SSSR count). The SMILES string of the molecule is CCc1cccc(CNCC(OC(=O)c2ccc(S(C)(=O)=O)cc2Cl)C(N)Cc2cc(F)cc(F)c2)c1. The van der Waals surface area contributed by atoms with E-state index in [2.05, 4.69) is 18.3 Å². The van der Waals surface area contributed by atoms with E-state index in [4.69, 9.17) is 22.1 Å². The largest absolute Gasteiger partial charge is 0.456 e. The van der Waals surface area contributed by atoms with E-state index in [1.807, 2.05) is 18.2 Å². The van der Waals surface area contributed by atoms with E-state index in [9.17, 15) is 22.0 Å². The Hall–Kier alpha value is -2.85. The summed E-state index contributed by atoms with van der Waals surface area (Å²) >= 11 is 6.18. The van der Waals surface area contributed by atoms with Crippen molar-refractivity contribution in [1.29, 1.82) is 0 Å². The number of carbonyl (C=O) groups excluding carboxylic acids is 1. The Morgan fingerprint density at radius 1 is 1.03 bits per heavy atom. The monoisotopic (exact) mass is 550 g/mol. The first kappa shape index (κ1) is 28.7. The molecule has 0 spiro atoms. The van der Waals surface area contributed by atoms with Crippen LogP contribution in [0.2, 0.25) is 5.02 Å². The molecule has 0 saturated heterocycles. The van der Waals surface area contributed by atoms with Gasteiger partial charge in [-0.3, -0.25) is 0 Å². The lowest BCUT2D eigenvalue weighted by molar-refractivity contribution is 0.0238. The lowest BCUT2D eigenvalue weighted by atomic mass is 10.0. The average molecular weight is 551 g/mol. The van der Waals surface area contributed by atoms with Crippen LogP contribution in [0.25, 0.3) is 0 Å². The summed E-state index contributed by atoms with van der Waals surface area (Å²) in [6.45, 7) is 2.69. The van der Waals surface area contributed by atoms with Crippen molar-refractivity contribution in [2.45, 2.75) is 43.4 Å².